The molecule has 32 heavy (non-hydrogen) atoms. The predicted octanol–water partition coefficient (Wildman–Crippen LogP) is 5.14. The highest BCUT2D eigenvalue weighted by molar-refractivity contribution is 8.01. The number of carbonyl (C=O) groups excluding carboxylic acids is 1. The third kappa shape index (κ3) is 4.94. The Morgan fingerprint density at radius 3 is 2.53 bits per heavy atom. The molecule has 0 spiro atoms. The van der Waals surface area contributed by atoms with Crippen molar-refractivity contribution in [1.82, 2.24) is 5.32 Å². The molecule has 0 saturated carbocycles. The van der Waals surface area contributed by atoms with Crippen LogP contribution in [0.1, 0.15) is 17.5 Å². The van der Waals surface area contributed by atoms with Crippen molar-refractivity contribution in [2.45, 2.75) is 23.1 Å². The van der Waals surface area contributed by atoms with Crippen molar-refractivity contribution in [2.75, 3.05) is 14.2 Å². The van der Waals surface area contributed by atoms with Crippen molar-refractivity contribution < 1.29 is 18.7 Å². The predicted molar refractivity (Wildman–Crippen MR) is 125 cm³/mol. The van der Waals surface area contributed by atoms with E-state index in [1.807, 2.05) is 42.5 Å². The van der Waals surface area contributed by atoms with Gasteiger partial charge in [0.05, 0.1) is 30.9 Å². The molecule has 0 unspecified atom stereocenters. The Balaban J connectivity index is 1.57. The Morgan fingerprint density at radius 1 is 1.03 bits per heavy atom. The number of benzene rings is 3. The van der Waals surface area contributed by atoms with E-state index in [2.05, 4.69) is 5.32 Å². The van der Waals surface area contributed by atoms with Gasteiger partial charge >= 0.3 is 0 Å². The number of hydrogen-bond acceptors (Lipinski definition) is 5. The molecule has 4 rings (SSSR count). The minimum absolute atomic E-state index is 0.0978. The zero-order valence-electron chi connectivity index (χ0n) is 17.8. The van der Waals surface area contributed by atoms with Crippen molar-refractivity contribution in [2.24, 2.45) is 4.99 Å². The van der Waals surface area contributed by atoms with Crippen LogP contribution >= 0.6 is 11.8 Å². The molecule has 1 heterocycles. The molecule has 164 valence electrons. The number of fused-ring (bicyclic) bond motifs is 1. The van der Waals surface area contributed by atoms with E-state index in [-0.39, 0.29) is 23.4 Å². The van der Waals surface area contributed by atoms with Crippen LogP contribution in [0.4, 0.5) is 10.1 Å². The highest BCUT2D eigenvalue weighted by Gasteiger charge is 2.28. The summed E-state index contributed by atoms with van der Waals surface area (Å²) >= 11 is 1.62. The lowest BCUT2D eigenvalue weighted by atomic mass is 10.0. The number of rotatable bonds is 7. The molecule has 5 nitrogen and oxygen atoms in total. The van der Waals surface area contributed by atoms with Gasteiger partial charge in [-0.3, -0.25) is 9.79 Å². The highest BCUT2D eigenvalue weighted by Crippen LogP contribution is 2.41. The quantitative estimate of drug-likeness (QED) is 0.541. The number of aliphatic imine (C=N–C) groups is 1. The first-order chi connectivity index (χ1) is 15.6. The van der Waals surface area contributed by atoms with Gasteiger partial charge in [-0.1, -0.05) is 24.3 Å². The van der Waals surface area contributed by atoms with Gasteiger partial charge in [-0.25, -0.2) is 4.39 Å². The number of para-hydroxylation sites is 1. The Kier molecular flexibility index (Phi) is 6.75. The number of nitrogens with zero attached hydrogens (tertiary/aromatic N) is 1. The van der Waals surface area contributed by atoms with Crippen LogP contribution in [0.25, 0.3) is 0 Å². The van der Waals surface area contributed by atoms with E-state index >= 15 is 0 Å². The van der Waals surface area contributed by atoms with Gasteiger partial charge < -0.3 is 14.8 Å². The third-order valence-corrected chi connectivity index (χ3v) is 6.41. The average molecular weight is 451 g/mol. The number of amides is 1. The first kappa shape index (κ1) is 21.9. The topological polar surface area (TPSA) is 59.9 Å². The summed E-state index contributed by atoms with van der Waals surface area (Å²) in [5.74, 6) is 0.845. The number of ether oxygens (including phenoxy) is 2. The molecule has 0 saturated heterocycles. The minimum Gasteiger partial charge on any atom is -0.493 e. The molecule has 0 aliphatic carbocycles. The molecule has 3 aromatic carbocycles. The molecule has 1 aliphatic rings. The van der Waals surface area contributed by atoms with Crippen LogP contribution in [0.3, 0.4) is 0 Å². The standard InChI is InChI=1S/C25H23FN2O3S/c1-30-20-12-9-17(13-21(20)31-2)25-23(32-22-6-4-3-5-19(22)28-25)14-24(29)27-15-16-7-10-18(26)11-8-16/h3-13,23H,14-15H2,1-2H3,(H,27,29)/t23-/m0/s1. The summed E-state index contributed by atoms with van der Waals surface area (Å²) in [4.78, 5) is 18.7. The van der Waals surface area contributed by atoms with Crippen molar-refractivity contribution in [3.8, 4) is 11.5 Å². The van der Waals surface area contributed by atoms with Crippen molar-refractivity contribution in [3.05, 3.63) is 83.7 Å². The maximum absolute atomic E-state index is 13.1. The van der Waals surface area contributed by atoms with E-state index in [0.717, 1.165) is 27.4 Å². The van der Waals surface area contributed by atoms with Gasteiger partial charge in [0.25, 0.3) is 0 Å². The van der Waals surface area contributed by atoms with E-state index in [0.29, 0.717) is 18.0 Å². The fraction of sp³-hybridized carbons (Fsp3) is 0.200. The van der Waals surface area contributed by atoms with Gasteiger partial charge in [-0.15, -0.1) is 11.8 Å². The maximum atomic E-state index is 13.1. The summed E-state index contributed by atoms with van der Waals surface area (Å²) in [5.41, 5.74) is 3.41. The summed E-state index contributed by atoms with van der Waals surface area (Å²) < 4.78 is 23.9. The Bertz CT molecular complexity index is 1150. The molecule has 0 radical (unpaired) electrons. The lowest BCUT2D eigenvalue weighted by Gasteiger charge is -2.25. The molecule has 0 aromatic heterocycles. The Hall–Kier alpha value is -3.32. The fourth-order valence-corrected chi connectivity index (χ4v) is 4.72. The summed E-state index contributed by atoms with van der Waals surface area (Å²) in [6.07, 6.45) is 0.257. The number of halogens is 1. The van der Waals surface area contributed by atoms with E-state index in [1.54, 1.807) is 38.1 Å². The molecule has 1 N–H and O–H groups in total. The first-order valence-corrected chi connectivity index (χ1v) is 11.0. The molecule has 7 heteroatoms. The van der Waals surface area contributed by atoms with Crippen LogP contribution < -0.4 is 14.8 Å². The zero-order chi connectivity index (χ0) is 22.5. The zero-order valence-corrected chi connectivity index (χ0v) is 18.6. The smallest absolute Gasteiger partial charge is 0.221 e. The largest absolute Gasteiger partial charge is 0.493 e. The van der Waals surface area contributed by atoms with Gasteiger partial charge in [-0.05, 0) is 48.0 Å². The number of thioether (sulfide) groups is 1. The first-order valence-electron chi connectivity index (χ1n) is 10.1. The molecule has 3 aromatic rings. The van der Waals surface area contributed by atoms with E-state index in [1.165, 1.54) is 12.1 Å². The minimum atomic E-state index is -0.298. The van der Waals surface area contributed by atoms with E-state index in [9.17, 15) is 9.18 Å². The van der Waals surface area contributed by atoms with Crippen LogP contribution in [0.15, 0.2) is 76.6 Å². The normalized spacial score (nSPS) is 14.8. The number of carbonyl (C=O) groups is 1. The van der Waals surface area contributed by atoms with Crippen molar-refractivity contribution in [1.29, 1.82) is 0 Å². The van der Waals surface area contributed by atoms with Crippen LogP contribution in [0, 0.1) is 5.82 Å². The van der Waals surface area contributed by atoms with E-state index < -0.39 is 0 Å². The summed E-state index contributed by atoms with van der Waals surface area (Å²) in [6.45, 7) is 0.343. The second-order valence-electron chi connectivity index (χ2n) is 7.25. The van der Waals surface area contributed by atoms with Crippen molar-refractivity contribution >= 4 is 29.1 Å². The molecule has 1 aliphatic heterocycles. The lowest BCUT2D eigenvalue weighted by molar-refractivity contribution is -0.121. The summed E-state index contributed by atoms with van der Waals surface area (Å²) in [6, 6.07) is 19.6. The van der Waals surface area contributed by atoms with Gasteiger partial charge in [-0.2, -0.15) is 0 Å². The lowest BCUT2D eigenvalue weighted by Crippen LogP contribution is -2.31. The van der Waals surface area contributed by atoms with Gasteiger partial charge in [0.2, 0.25) is 5.91 Å². The maximum Gasteiger partial charge on any atom is 0.221 e. The molecule has 0 fully saturated rings. The molecule has 1 atom stereocenters. The van der Waals surface area contributed by atoms with Gasteiger partial charge in [0, 0.05) is 23.4 Å². The van der Waals surface area contributed by atoms with Crippen LogP contribution in [-0.4, -0.2) is 31.1 Å². The SMILES string of the molecule is COc1ccc(C2=Nc3ccccc3S[C@H]2CC(=O)NCc2ccc(F)cc2)cc1OC. The number of hydrogen-bond donors (Lipinski definition) is 1. The molecule has 1 amide bonds. The molecule has 0 bridgehead atoms. The number of nitrogens with one attached hydrogen (secondary N) is 1. The summed E-state index contributed by atoms with van der Waals surface area (Å²) in [5, 5.41) is 2.76. The molecular formula is C25H23FN2O3S. The average Bonchev–Trinajstić information content (AvgIpc) is 2.82. The Morgan fingerprint density at radius 2 is 1.78 bits per heavy atom. The third-order valence-electron chi connectivity index (χ3n) is 5.13. The summed E-state index contributed by atoms with van der Waals surface area (Å²) in [7, 11) is 3.19. The van der Waals surface area contributed by atoms with Crippen molar-refractivity contribution in [3.63, 3.8) is 0 Å². The van der Waals surface area contributed by atoms with Gasteiger partial charge in [0.15, 0.2) is 11.5 Å². The second-order valence-corrected chi connectivity index (χ2v) is 8.49. The monoisotopic (exact) mass is 450 g/mol. The Labute approximate surface area is 190 Å². The number of methoxy groups -OCH3 is 2. The van der Waals surface area contributed by atoms with Crippen LogP contribution in [0.5, 0.6) is 11.5 Å². The van der Waals surface area contributed by atoms with E-state index in [4.69, 9.17) is 14.5 Å². The molecular weight excluding hydrogens is 427 g/mol. The van der Waals surface area contributed by atoms with Crippen LogP contribution in [0.2, 0.25) is 0 Å². The fourth-order valence-electron chi connectivity index (χ4n) is 3.49. The van der Waals surface area contributed by atoms with Crippen LogP contribution in [-0.2, 0) is 11.3 Å². The van der Waals surface area contributed by atoms with Gasteiger partial charge in [0.1, 0.15) is 5.82 Å². The highest BCUT2D eigenvalue weighted by atomic mass is 32.2. The second kappa shape index (κ2) is 9.87.